The predicted molar refractivity (Wildman–Crippen MR) is 103 cm³/mol. The summed E-state index contributed by atoms with van der Waals surface area (Å²) in [5, 5.41) is 10.7. The predicted octanol–water partition coefficient (Wildman–Crippen LogP) is 2.72. The number of nitrogens with one attached hydrogen (secondary N) is 2. The summed E-state index contributed by atoms with van der Waals surface area (Å²) >= 11 is 0. The molecule has 2 aromatic carbocycles. The highest BCUT2D eigenvalue weighted by Crippen LogP contribution is 2.24. The number of hydrogen-bond donors (Lipinski definition) is 3. The van der Waals surface area contributed by atoms with Gasteiger partial charge in [-0.1, -0.05) is 30.3 Å². The molecular formula is C19H18N4O3S. The number of carbonyl (C=O) groups excluding carboxylic acids is 1. The van der Waals surface area contributed by atoms with Crippen molar-refractivity contribution in [2.24, 2.45) is 5.14 Å². The van der Waals surface area contributed by atoms with Crippen LogP contribution in [0, 0.1) is 0 Å². The molecule has 7 nitrogen and oxygen atoms in total. The molecule has 0 unspecified atom stereocenters. The van der Waals surface area contributed by atoms with Crippen molar-refractivity contribution in [2.45, 2.75) is 11.4 Å². The molecule has 0 aliphatic carbocycles. The van der Waals surface area contributed by atoms with E-state index in [9.17, 15) is 13.2 Å². The fourth-order valence-electron chi connectivity index (χ4n) is 2.49. The zero-order valence-corrected chi connectivity index (χ0v) is 15.1. The summed E-state index contributed by atoms with van der Waals surface area (Å²) in [5.41, 5.74) is 2.91. The van der Waals surface area contributed by atoms with Crippen molar-refractivity contribution in [3.05, 3.63) is 78.6 Å². The summed E-state index contributed by atoms with van der Waals surface area (Å²) < 4.78 is 23.1. The van der Waals surface area contributed by atoms with Crippen LogP contribution in [-0.4, -0.2) is 19.4 Å². The van der Waals surface area contributed by atoms with Crippen molar-refractivity contribution >= 4 is 21.7 Å². The number of hydrogen-bond acceptors (Lipinski definition) is 4. The van der Waals surface area contributed by atoms with Crippen LogP contribution in [0.1, 0.15) is 5.56 Å². The van der Waals surface area contributed by atoms with Crippen molar-refractivity contribution < 1.29 is 13.2 Å². The SMILES string of the molecule is NS(=O)(=O)c1cccc(-c2cccc(NC(=O)NCc3cccnc3)c2)c1. The monoisotopic (exact) mass is 382 g/mol. The number of anilines is 1. The average Bonchev–Trinajstić information content (AvgIpc) is 2.67. The number of urea groups is 1. The van der Waals surface area contributed by atoms with Gasteiger partial charge in [0, 0.05) is 24.6 Å². The Morgan fingerprint density at radius 1 is 1.00 bits per heavy atom. The van der Waals surface area contributed by atoms with Gasteiger partial charge in [-0.15, -0.1) is 0 Å². The fraction of sp³-hybridized carbons (Fsp3) is 0.0526. The van der Waals surface area contributed by atoms with Gasteiger partial charge in [0.25, 0.3) is 0 Å². The molecule has 2 amide bonds. The highest BCUT2D eigenvalue weighted by Gasteiger charge is 2.09. The Morgan fingerprint density at radius 3 is 2.44 bits per heavy atom. The van der Waals surface area contributed by atoms with Gasteiger partial charge in [0.1, 0.15) is 0 Å². The lowest BCUT2D eigenvalue weighted by Crippen LogP contribution is -2.28. The third-order valence-corrected chi connectivity index (χ3v) is 4.70. The Balaban J connectivity index is 1.71. The molecule has 4 N–H and O–H groups in total. The largest absolute Gasteiger partial charge is 0.334 e. The number of benzene rings is 2. The minimum absolute atomic E-state index is 0.0348. The number of pyridine rings is 1. The van der Waals surface area contributed by atoms with Crippen molar-refractivity contribution in [3.8, 4) is 11.1 Å². The summed E-state index contributed by atoms with van der Waals surface area (Å²) in [6.45, 7) is 0.357. The highest BCUT2D eigenvalue weighted by atomic mass is 32.2. The molecular weight excluding hydrogens is 364 g/mol. The maximum atomic E-state index is 12.1. The Bertz CT molecular complexity index is 1050. The van der Waals surface area contributed by atoms with Crippen LogP contribution in [0.2, 0.25) is 0 Å². The van der Waals surface area contributed by atoms with E-state index in [1.807, 2.05) is 12.1 Å². The number of nitrogens with zero attached hydrogens (tertiary/aromatic N) is 1. The number of primary sulfonamides is 1. The van der Waals surface area contributed by atoms with E-state index in [1.165, 1.54) is 12.1 Å². The number of sulfonamides is 1. The van der Waals surface area contributed by atoms with Crippen LogP contribution < -0.4 is 15.8 Å². The van der Waals surface area contributed by atoms with E-state index in [0.717, 1.165) is 11.1 Å². The molecule has 0 radical (unpaired) electrons. The maximum Gasteiger partial charge on any atom is 0.319 e. The van der Waals surface area contributed by atoms with Gasteiger partial charge in [-0.25, -0.2) is 18.4 Å². The van der Waals surface area contributed by atoms with Crippen LogP contribution >= 0.6 is 0 Å². The lowest BCUT2D eigenvalue weighted by atomic mass is 10.1. The molecule has 0 fully saturated rings. The molecule has 0 atom stereocenters. The van der Waals surface area contributed by atoms with Crippen LogP contribution in [-0.2, 0) is 16.6 Å². The molecule has 0 spiro atoms. The minimum atomic E-state index is -3.78. The minimum Gasteiger partial charge on any atom is -0.334 e. The average molecular weight is 382 g/mol. The number of nitrogens with two attached hydrogens (primary N) is 1. The maximum absolute atomic E-state index is 12.1. The van der Waals surface area contributed by atoms with Crippen molar-refractivity contribution in [1.29, 1.82) is 0 Å². The van der Waals surface area contributed by atoms with E-state index < -0.39 is 10.0 Å². The van der Waals surface area contributed by atoms with Gasteiger partial charge in [-0.05, 0) is 47.0 Å². The van der Waals surface area contributed by atoms with Gasteiger partial charge < -0.3 is 10.6 Å². The summed E-state index contributed by atoms with van der Waals surface area (Å²) in [6, 6.07) is 16.7. The summed E-state index contributed by atoms with van der Waals surface area (Å²) in [4.78, 5) is 16.1. The van der Waals surface area contributed by atoms with Crippen molar-refractivity contribution in [3.63, 3.8) is 0 Å². The van der Waals surface area contributed by atoms with E-state index in [0.29, 0.717) is 17.8 Å². The second-order valence-corrected chi connectivity index (χ2v) is 7.38. The highest BCUT2D eigenvalue weighted by molar-refractivity contribution is 7.89. The van der Waals surface area contributed by atoms with Gasteiger partial charge in [0.05, 0.1) is 4.90 Å². The Hall–Kier alpha value is -3.23. The number of carbonyl (C=O) groups is 1. The van der Waals surface area contributed by atoms with Gasteiger partial charge in [0.15, 0.2) is 0 Å². The van der Waals surface area contributed by atoms with E-state index in [2.05, 4.69) is 15.6 Å². The first-order chi connectivity index (χ1) is 12.9. The van der Waals surface area contributed by atoms with Crippen LogP contribution in [0.15, 0.2) is 78.0 Å². The van der Waals surface area contributed by atoms with Crippen LogP contribution in [0.4, 0.5) is 10.5 Å². The summed E-state index contributed by atoms with van der Waals surface area (Å²) in [7, 11) is -3.78. The molecule has 1 aromatic heterocycles. The van der Waals surface area contributed by atoms with Crippen LogP contribution in [0.5, 0.6) is 0 Å². The lowest BCUT2D eigenvalue weighted by Gasteiger charge is -2.10. The van der Waals surface area contributed by atoms with E-state index in [1.54, 1.807) is 48.8 Å². The van der Waals surface area contributed by atoms with Gasteiger partial charge in [-0.3, -0.25) is 4.98 Å². The Labute approximate surface area is 157 Å². The first-order valence-electron chi connectivity index (χ1n) is 8.09. The molecule has 138 valence electrons. The zero-order chi connectivity index (χ0) is 19.3. The van der Waals surface area contributed by atoms with Crippen molar-refractivity contribution in [1.82, 2.24) is 10.3 Å². The third-order valence-electron chi connectivity index (χ3n) is 3.79. The number of aromatic nitrogens is 1. The molecule has 27 heavy (non-hydrogen) atoms. The van der Waals surface area contributed by atoms with E-state index in [4.69, 9.17) is 5.14 Å². The quantitative estimate of drug-likeness (QED) is 0.629. The molecule has 0 aliphatic heterocycles. The van der Waals surface area contributed by atoms with Gasteiger partial charge >= 0.3 is 6.03 Å². The molecule has 0 saturated carbocycles. The molecule has 0 aliphatic rings. The molecule has 0 saturated heterocycles. The Morgan fingerprint density at radius 2 is 1.74 bits per heavy atom. The van der Waals surface area contributed by atoms with E-state index >= 15 is 0 Å². The fourth-order valence-corrected chi connectivity index (χ4v) is 3.05. The standard InChI is InChI=1S/C19H18N4O3S/c20-27(25,26)18-8-2-6-16(11-18)15-5-1-7-17(10-15)23-19(24)22-13-14-4-3-9-21-12-14/h1-12H,13H2,(H2,20,25,26)(H2,22,23,24). The van der Waals surface area contributed by atoms with E-state index in [-0.39, 0.29) is 10.9 Å². The first-order valence-corrected chi connectivity index (χ1v) is 9.63. The normalized spacial score (nSPS) is 11.0. The molecule has 8 heteroatoms. The second-order valence-electron chi connectivity index (χ2n) is 5.82. The molecule has 3 rings (SSSR count). The molecule has 0 bridgehead atoms. The smallest absolute Gasteiger partial charge is 0.319 e. The molecule has 3 aromatic rings. The van der Waals surface area contributed by atoms with Crippen LogP contribution in [0.25, 0.3) is 11.1 Å². The zero-order valence-electron chi connectivity index (χ0n) is 14.3. The second kappa shape index (κ2) is 7.98. The van der Waals surface area contributed by atoms with Crippen molar-refractivity contribution in [2.75, 3.05) is 5.32 Å². The lowest BCUT2D eigenvalue weighted by molar-refractivity contribution is 0.251. The summed E-state index contributed by atoms with van der Waals surface area (Å²) in [5.74, 6) is 0. The topological polar surface area (TPSA) is 114 Å². The number of amides is 2. The van der Waals surface area contributed by atoms with Gasteiger partial charge in [-0.2, -0.15) is 0 Å². The van der Waals surface area contributed by atoms with Gasteiger partial charge in [0.2, 0.25) is 10.0 Å². The number of rotatable bonds is 5. The Kier molecular flexibility index (Phi) is 5.49. The summed E-state index contributed by atoms with van der Waals surface area (Å²) in [6.07, 6.45) is 3.35. The van der Waals surface area contributed by atoms with Crippen LogP contribution in [0.3, 0.4) is 0 Å². The first kappa shape index (κ1) is 18.6. The molecule has 1 heterocycles. The third kappa shape index (κ3) is 5.13.